The van der Waals surface area contributed by atoms with Crippen LogP contribution >= 0.6 is 24.0 Å². The quantitative estimate of drug-likeness (QED) is 0.199. The Morgan fingerprint density at radius 2 is 1.67 bits per heavy atom. The van der Waals surface area contributed by atoms with Crippen molar-refractivity contribution in [2.45, 2.75) is 39.0 Å². The van der Waals surface area contributed by atoms with Gasteiger partial charge in [0.2, 0.25) is 0 Å². The number of ether oxygens (including phenoxy) is 1. The summed E-state index contributed by atoms with van der Waals surface area (Å²) in [6.45, 7) is 13.7. The second-order valence-electron chi connectivity index (χ2n) is 7.87. The fourth-order valence-electron chi connectivity index (χ4n) is 3.72. The molecule has 1 fully saturated rings. The predicted octanol–water partition coefficient (Wildman–Crippen LogP) is 3.39. The summed E-state index contributed by atoms with van der Waals surface area (Å²) in [5, 5.41) is 6.89. The van der Waals surface area contributed by atoms with E-state index >= 15 is 0 Å². The van der Waals surface area contributed by atoms with Crippen LogP contribution in [0.3, 0.4) is 0 Å². The van der Waals surface area contributed by atoms with Crippen LogP contribution in [-0.2, 0) is 0 Å². The highest BCUT2D eigenvalue weighted by Gasteiger charge is 2.14. The van der Waals surface area contributed by atoms with Crippen molar-refractivity contribution in [3.05, 3.63) is 29.8 Å². The van der Waals surface area contributed by atoms with Crippen LogP contribution in [0.2, 0.25) is 0 Å². The Kier molecular flexibility index (Phi) is 14.1. The van der Waals surface area contributed by atoms with Crippen molar-refractivity contribution in [3.63, 3.8) is 0 Å². The normalized spacial score (nSPS) is 16.6. The number of rotatable bonds is 11. The zero-order chi connectivity index (χ0) is 20.9. The molecule has 1 aliphatic rings. The number of likely N-dealkylation sites (N-methyl/N-ethyl adjacent to an activating group) is 1. The monoisotopic (exact) mass is 531 g/mol. The van der Waals surface area contributed by atoms with E-state index < -0.39 is 0 Å². The standard InChI is InChI=1S/C23H41N5O.HI/c1-5-27-16-18-28(19-17-27)15-7-6-13-25-23(24-3)26-14-12-20(2)21-8-10-22(29-4)11-9-21;/h8-11,20H,5-7,12-19H2,1-4H3,(H2,24,25,26);1H. The Hall–Kier alpha value is -1.06. The zero-order valence-corrected chi connectivity index (χ0v) is 21.7. The molecule has 0 bridgehead atoms. The molecule has 2 rings (SSSR count). The Labute approximate surface area is 200 Å². The van der Waals surface area contributed by atoms with Crippen LogP contribution in [0.4, 0.5) is 0 Å². The third-order valence-corrected chi connectivity index (χ3v) is 5.88. The summed E-state index contributed by atoms with van der Waals surface area (Å²) in [7, 11) is 3.55. The molecule has 1 aromatic carbocycles. The maximum atomic E-state index is 5.23. The summed E-state index contributed by atoms with van der Waals surface area (Å²) >= 11 is 0. The van der Waals surface area contributed by atoms with Gasteiger partial charge in [0.25, 0.3) is 0 Å². The van der Waals surface area contributed by atoms with E-state index in [0.29, 0.717) is 5.92 Å². The van der Waals surface area contributed by atoms with Gasteiger partial charge < -0.3 is 25.2 Å². The van der Waals surface area contributed by atoms with Crippen LogP contribution in [0.25, 0.3) is 0 Å². The fraction of sp³-hybridized carbons (Fsp3) is 0.696. The van der Waals surface area contributed by atoms with Crippen molar-refractivity contribution in [2.24, 2.45) is 4.99 Å². The minimum Gasteiger partial charge on any atom is -0.497 e. The number of hydrogen-bond acceptors (Lipinski definition) is 4. The summed E-state index contributed by atoms with van der Waals surface area (Å²) in [6, 6.07) is 8.37. The number of nitrogens with zero attached hydrogens (tertiary/aromatic N) is 3. The Morgan fingerprint density at radius 1 is 1.03 bits per heavy atom. The van der Waals surface area contributed by atoms with Crippen molar-refractivity contribution in [3.8, 4) is 5.75 Å². The molecule has 7 heteroatoms. The van der Waals surface area contributed by atoms with Gasteiger partial charge in [0.05, 0.1) is 7.11 Å². The first-order valence-corrected chi connectivity index (χ1v) is 11.2. The second-order valence-corrected chi connectivity index (χ2v) is 7.87. The third kappa shape index (κ3) is 9.83. The van der Waals surface area contributed by atoms with Crippen molar-refractivity contribution in [2.75, 3.05) is 66.5 Å². The van der Waals surface area contributed by atoms with Crippen LogP contribution in [0, 0.1) is 0 Å². The summed E-state index contributed by atoms with van der Waals surface area (Å²) < 4.78 is 5.23. The van der Waals surface area contributed by atoms with E-state index in [1.165, 1.54) is 57.7 Å². The van der Waals surface area contributed by atoms with Crippen molar-refractivity contribution in [1.29, 1.82) is 0 Å². The molecule has 172 valence electrons. The van der Waals surface area contributed by atoms with Crippen LogP contribution in [0.5, 0.6) is 5.75 Å². The minimum atomic E-state index is 0. The maximum Gasteiger partial charge on any atom is 0.190 e. The molecule has 0 spiro atoms. The average molecular weight is 532 g/mol. The van der Waals surface area contributed by atoms with E-state index in [2.05, 4.69) is 51.4 Å². The molecule has 0 aliphatic carbocycles. The smallest absolute Gasteiger partial charge is 0.190 e. The molecule has 0 aromatic heterocycles. The lowest BCUT2D eigenvalue weighted by Gasteiger charge is -2.34. The zero-order valence-electron chi connectivity index (χ0n) is 19.3. The van der Waals surface area contributed by atoms with Gasteiger partial charge in [-0.25, -0.2) is 0 Å². The van der Waals surface area contributed by atoms with E-state index in [1.807, 2.05) is 19.2 Å². The van der Waals surface area contributed by atoms with Gasteiger partial charge in [0.1, 0.15) is 5.75 Å². The number of aliphatic imine (C=N–C) groups is 1. The lowest BCUT2D eigenvalue weighted by Crippen LogP contribution is -2.46. The first-order valence-electron chi connectivity index (χ1n) is 11.2. The lowest BCUT2D eigenvalue weighted by molar-refractivity contribution is 0.136. The maximum absolute atomic E-state index is 5.23. The highest BCUT2D eigenvalue weighted by Crippen LogP contribution is 2.21. The summed E-state index contributed by atoms with van der Waals surface area (Å²) in [5.74, 6) is 2.31. The number of methoxy groups -OCH3 is 1. The van der Waals surface area contributed by atoms with E-state index in [1.54, 1.807) is 7.11 Å². The first kappa shape index (κ1) is 27.0. The number of hydrogen-bond donors (Lipinski definition) is 2. The Morgan fingerprint density at radius 3 is 2.27 bits per heavy atom. The molecule has 1 saturated heterocycles. The number of nitrogens with one attached hydrogen (secondary N) is 2. The molecule has 1 aromatic rings. The largest absolute Gasteiger partial charge is 0.497 e. The number of piperazine rings is 1. The fourth-order valence-corrected chi connectivity index (χ4v) is 3.72. The molecule has 1 unspecified atom stereocenters. The van der Waals surface area contributed by atoms with Crippen LogP contribution < -0.4 is 15.4 Å². The van der Waals surface area contributed by atoms with Crippen molar-refractivity contribution >= 4 is 29.9 Å². The van der Waals surface area contributed by atoms with Gasteiger partial charge >= 0.3 is 0 Å². The van der Waals surface area contributed by atoms with Crippen molar-refractivity contribution < 1.29 is 4.74 Å². The van der Waals surface area contributed by atoms with Crippen LogP contribution in [0.1, 0.15) is 44.6 Å². The highest BCUT2D eigenvalue weighted by molar-refractivity contribution is 14.0. The van der Waals surface area contributed by atoms with Gasteiger partial charge in [-0.3, -0.25) is 4.99 Å². The van der Waals surface area contributed by atoms with E-state index in [9.17, 15) is 0 Å². The molecular weight excluding hydrogens is 489 g/mol. The number of guanidine groups is 1. The van der Waals surface area contributed by atoms with Crippen LogP contribution in [-0.4, -0.2) is 82.3 Å². The summed E-state index contributed by atoms with van der Waals surface area (Å²) in [6.07, 6.45) is 3.48. The molecule has 1 aliphatic heterocycles. The minimum absolute atomic E-state index is 0. The number of halogens is 1. The van der Waals surface area contributed by atoms with E-state index in [-0.39, 0.29) is 24.0 Å². The SMILES string of the molecule is CCN1CCN(CCCCNC(=NC)NCCC(C)c2ccc(OC)cc2)CC1.I. The summed E-state index contributed by atoms with van der Waals surface area (Å²) in [5.41, 5.74) is 1.34. The third-order valence-electron chi connectivity index (χ3n) is 5.88. The molecule has 30 heavy (non-hydrogen) atoms. The first-order chi connectivity index (χ1) is 14.2. The van der Waals surface area contributed by atoms with Crippen molar-refractivity contribution in [1.82, 2.24) is 20.4 Å². The van der Waals surface area contributed by atoms with Gasteiger partial charge in [-0.15, -0.1) is 24.0 Å². The molecule has 0 radical (unpaired) electrons. The Balaban J connectivity index is 0.00000450. The van der Waals surface area contributed by atoms with E-state index in [0.717, 1.165) is 31.2 Å². The molecule has 0 saturated carbocycles. The van der Waals surface area contributed by atoms with Crippen LogP contribution in [0.15, 0.2) is 29.3 Å². The number of unbranched alkanes of at least 4 members (excludes halogenated alkanes) is 1. The molecular formula is C23H42IN5O. The topological polar surface area (TPSA) is 52.1 Å². The van der Waals surface area contributed by atoms with Gasteiger partial charge in [0.15, 0.2) is 5.96 Å². The van der Waals surface area contributed by atoms with Gasteiger partial charge in [0, 0.05) is 46.3 Å². The summed E-state index contributed by atoms with van der Waals surface area (Å²) in [4.78, 5) is 9.48. The van der Waals surface area contributed by atoms with Gasteiger partial charge in [-0.05, 0) is 56.0 Å². The lowest BCUT2D eigenvalue weighted by atomic mass is 9.98. The highest BCUT2D eigenvalue weighted by atomic mass is 127. The second kappa shape index (κ2) is 15.7. The molecule has 1 atom stereocenters. The molecule has 6 nitrogen and oxygen atoms in total. The molecule has 2 N–H and O–H groups in total. The number of benzene rings is 1. The molecule has 0 amide bonds. The average Bonchev–Trinajstić information content (AvgIpc) is 2.78. The predicted molar refractivity (Wildman–Crippen MR) is 139 cm³/mol. The van der Waals surface area contributed by atoms with Gasteiger partial charge in [-0.2, -0.15) is 0 Å². The van der Waals surface area contributed by atoms with E-state index in [4.69, 9.17) is 4.74 Å². The molecule has 1 heterocycles. The van der Waals surface area contributed by atoms with Gasteiger partial charge in [-0.1, -0.05) is 26.0 Å². The Bertz CT molecular complexity index is 588.